The molecule has 0 saturated carbocycles. The Morgan fingerprint density at radius 2 is 2.05 bits per heavy atom. The first kappa shape index (κ1) is 16.4. The van der Waals surface area contributed by atoms with Gasteiger partial charge in [-0.05, 0) is 44.6 Å². The molecule has 0 radical (unpaired) electrons. The fourth-order valence-electron chi connectivity index (χ4n) is 2.91. The van der Waals surface area contributed by atoms with Gasteiger partial charge in [-0.15, -0.1) is 11.6 Å². The third-order valence-electron chi connectivity index (χ3n) is 3.83. The van der Waals surface area contributed by atoms with E-state index in [1.54, 1.807) is 6.07 Å². The Hall–Kier alpha value is -0.940. The van der Waals surface area contributed by atoms with E-state index in [1.807, 2.05) is 14.1 Å². The smallest absolute Gasteiger partial charge is 0.367 e. The van der Waals surface area contributed by atoms with Crippen LogP contribution in [-0.4, -0.2) is 38.1 Å². The molecule has 1 saturated heterocycles. The minimum absolute atomic E-state index is 0.129. The molecule has 2 rings (SSSR count). The van der Waals surface area contributed by atoms with Gasteiger partial charge in [-0.1, -0.05) is 6.07 Å². The molecule has 6 heteroatoms. The zero-order valence-electron chi connectivity index (χ0n) is 12.3. The van der Waals surface area contributed by atoms with Crippen LogP contribution in [0, 0.1) is 0 Å². The minimum atomic E-state index is -4.36. The summed E-state index contributed by atoms with van der Waals surface area (Å²) >= 11 is 5.63. The highest BCUT2D eigenvalue weighted by atomic mass is 35.5. The van der Waals surface area contributed by atoms with Gasteiger partial charge in [-0.2, -0.15) is 13.2 Å². The lowest BCUT2D eigenvalue weighted by molar-refractivity contribution is -0.138. The lowest BCUT2D eigenvalue weighted by Gasteiger charge is -2.30. The van der Waals surface area contributed by atoms with Gasteiger partial charge in [-0.25, -0.2) is 0 Å². The van der Waals surface area contributed by atoms with Crippen LogP contribution < -0.4 is 4.90 Å². The quantitative estimate of drug-likeness (QED) is 0.774. The van der Waals surface area contributed by atoms with Crippen LogP contribution >= 0.6 is 11.6 Å². The molecule has 1 aromatic rings. The van der Waals surface area contributed by atoms with E-state index in [9.17, 15) is 13.2 Å². The number of nitrogens with zero attached hydrogens (tertiary/aromatic N) is 2. The summed E-state index contributed by atoms with van der Waals surface area (Å²) in [6.07, 6.45) is -2.34. The van der Waals surface area contributed by atoms with Crippen molar-refractivity contribution < 1.29 is 13.2 Å². The van der Waals surface area contributed by atoms with Gasteiger partial charge in [0, 0.05) is 30.7 Å². The number of hydrogen-bond acceptors (Lipinski definition) is 2. The van der Waals surface area contributed by atoms with Gasteiger partial charge in [0.05, 0.1) is 5.56 Å². The second-order valence-electron chi connectivity index (χ2n) is 5.72. The monoisotopic (exact) mass is 320 g/mol. The van der Waals surface area contributed by atoms with E-state index in [0.717, 1.165) is 25.9 Å². The molecule has 1 fully saturated rings. The molecule has 0 amide bonds. The van der Waals surface area contributed by atoms with Gasteiger partial charge in [0.1, 0.15) is 0 Å². The summed E-state index contributed by atoms with van der Waals surface area (Å²) in [6.45, 7) is 1.65. The van der Waals surface area contributed by atoms with Crippen molar-refractivity contribution in [2.75, 3.05) is 32.1 Å². The van der Waals surface area contributed by atoms with Crippen molar-refractivity contribution >= 4 is 17.3 Å². The van der Waals surface area contributed by atoms with E-state index < -0.39 is 11.7 Å². The summed E-state index contributed by atoms with van der Waals surface area (Å²) in [5, 5.41) is 0. The summed E-state index contributed by atoms with van der Waals surface area (Å²) in [4.78, 5) is 4.15. The topological polar surface area (TPSA) is 6.48 Å². The number of anilines is 1. The molecule has 0 aliphatic carbocycles. The van der Waals surface area contributed by atoms with E-state index in [4.69, 9.17) is 11.6 Å². The Labute approximate surface area is 128 Å². The second-order valence-corrected chi connectivity index (χ2v) is 5.99. The number of hydrogen-bond donors (Lipinski definition) is 0. The molecule has 0 spiro atoms. The van der Waals surface area contributed by atoms with E-state index in [-0.39, 0.29) is 17.5 Å². The summed E-state index contributed by atoms with van der Waals surface area (Å²) in [5.41, 5.74) is 0.155. The second kappa shape index (κ2) is 6.44. The van der Waals surface area contributed by atoms with Crippen molar-refractivity contribution in [1.29, 1.82) is 0 Å². The first-order valence-corrected chi connectivity index (χ1v) is 7.54. The number of halogens is 4. The zero-order chi connectivity index (χ0) is 15.6. The lowest BCUT2D eigenvalue weighted by Crippen LogP contribution is -2.37. The molecule has 1 aliphatic rings. The molecular weight excluding hydrogens is 301 g/mol. The van der Waals surface area contributed by atoms with Gasteiger partial charge >= 0.3 is 6.18 Å². The number of likely N-dealkylation sites (N-methyl/N-ethyl adjacent to an activating group) is 1. The molecule has 21 heavy (non-hydrogen) atoms. The Morgan fingerprint density at radius 3 is 2.62 bits per heavy atom. The lowest BCUT2D eigenvalue weighted by atomic mass is 10.1. The summed E-state index contributed by atoms with van der Waals surface area (Å²) in [5.74, 6) is -0.129. The molecular formula is C15H20ClF3N2. The number of alkyl halides is 4. The Balaban J connectivity index is 2.31. The Morgan fingerprint density at radius 1 is 1.33 bits per heavy atom. The zero-order valence-corrected chi connectivity index (χ0v) is 13.0. The number of rotatable bonds is 4. The van der Waals surface area contributed by atoms with Crippen LogP contribution in [0.5, 0.6) is 0 Å². The normalized spacial score (nSPS) is 19.6. The van der Waals surface area contributed by atoms with Crippen molar-refractivity contribution in [3.8, 4) is 0 Å². The third kappa shape index (κ3) is 3.83. The molecule has 0 bridgehead atoms. The van der Waals surface area contributed by atoms with E-state index in [2.05, 4.69) is 9.80 Å². The van der Waals surface area contributed by atoms with Crippen LogP contribution in [0.2, 0.25) is 0 Å². The van der Waals surface area contributed by atoms with Gasteiger partial charge in [0.15, 0.2) is 0 Å². The molecule has 1 aromatic carbocycles. The first-order chi connectivity index (χ1) is 9.82. The molecule has 1 aliphatic heterocycles. The Bertz CT molecular complexity index is 488. The fraction of sp³-hybridized carbons (Fsp3) is 0.600. The highest BCUT2D eigenvalue weighted by Gasteiger charge is 2.34. The van der Waals surface area contributed by atoms with Crippen molar-refractivity contribution in [3.05, 3.63) is 29.3 Å². The summed E-state index contributed by atoms with van der Waals surface area (Å²) in [7, 11) is 3.96. The van der Waals surface area contributed by atoms with Gasteiger partial charge in [-0.3, -0.25) is 0 Å². The van der Waals surface area contributed by atoms with Gasteiger partial charge in [0.25, 0.3) is 0 Å². The average Bonchev–Trinajstić information content (AvgIpc) is 2.84. The molecule has 2 nitrogen and oxygen atoms in total. The highest BCUT2D eigenvalue weighted by Crippen LogP contribution is 2.36. The third-order valence-corrected chi connectivity index (χ3v) is 4.12. The van der Waals surface area contributed by atoms with Crippen LogP contribution in [0.1, 0.15) is 24.0 Å². The van der Waals surface area contributed by atoms with Crippen LogP contribution in [0.4, 0.5) is 18.9 Å². The van der Waals surface area contributed by atoms with Crippen LogP contribution in [0.3, 0.4) is 0 Å². The van der Waals surface area contributed by atoms with Crippen LogP contribution in [0.25, 0.3) is 0 Å². The van der Waals surface area contributed by atoms with Crippen molar-refractivity contribution in [2.45, 2.75) is 30.9 Å². The first-order valence-electron chi connectivity index (χ1n) is 7.00. The van der Waals surface area contributed by atoms with E-state index in [1.165, 1.54) is 12.1 Å². The molecule has 1 unspecified atom stereocenters. The van der Waals surface area contributed by atoms with Gasteiger partial charge in [0.2, 0.25) is 0 Å². The summed E-state index contributed by atoms with van der Waals surface area (Å²) in [6, 6.07) is 4.76. The minimum Gasteiger partial charge on any atom is -0.367 e. The standard InChI is InChI=1S/C15H20ClF3N2/c1-20(2)10-13-4-3-7-21(13)12-6-5-11(9-16)14(8-12)15(17,18)19/h5-6,8,13H,3-4,7,9-10H2,1-2H3. The van der Waals surface area contributed by atoms with Crippen molar-refractivity contribution in [1.82, 2.24) is 4.90 Å². The molecule has 1 heterocycles. The fourth-order valence-corrected chi connectivity index (χ4v) is 3.14. The summed E-state index contributed by atoms with van der Waals surface area (Å²) < 4.78 is 39.4. The largest absolute Gasteiger partial charge is 0.416 e. The molecule has 0 N–H and O–H groups in total. The molecule has 1 atom stereocenters. The van der Waals surface area contributed by atoms with Crippen molar-refractivity contribution in [3.63, 3.8) is 0 Å². The Kier molecular flexibility index (Phi) is 5.04. The number of benzene rings is 1. The maximum absolute atomic E-state index is 13.1. The predicted octanol–water partition coefficient (Wildman–Crippen LogP) is 3.97. The molecule has 0 aromatic heterocycles. The maximum atomic E-state index is 13.1. The maximum Gasteiger partial charge on any atom is 0.416 e. The predicted molar refractivity (Wildman–Crippen MR) is 79.9 cm³/mol. The van der Waals surface area contributed by atoms with Crippen LogP contribution in [-0.2, 0) is 12.1 Å². The SMILES string of the molecule is CN(C)CC1CCCN1c1ccc(CCl)c(C(F)(F)F)c1. The van der Waals surface area contributed by atoms with Crippen molar-refractivity contribution in [2.24, 2.45) is 0 Å². The average molecular weight is 321 g/mol. The van der Waals surface area contributed by atoms with Crippen LogP contribution in [0.15, 0.2) is 18.2 Å². The van der Waals surface area contributed by atoms with E-state index >= 15 is 0 Å². The highest BCUT2D eigenvalue weighted by molar-refractivity contribution is 6.17. The van der Waals surface area contributed by atoms with Gasteiger partial charge < -0.3 is 9.80 Å². The van der Waals surface area contributed by atoms with E-state index in [0.29, 0.717) is 5.69 Å². The molecule has 118 valence electrons.